The molecule has 1 unspecified atom stereocenters. The van der Waals surface area contributed by atoms with Gasteiger partial charge in [-0.15, -0.1) is 0 Å². The molecule has 0 saturated heterocycles. The number of hydrogen-bond acceptors (Lipinski definition) is 2. The fraction of sp³-hybridized carbons (Fsp3) is 0.900. The van der Waals surface area contributed by atoms with Crippen LogP contribution in [0.15, 0.2) is 0 Å². The summed E-state index contributed by atoms with van der Waals surface area (Å²) in [6.07, 6.45) is 5.43. The lowest BCUT2D eigenvalue weighted by molar-refractivity contribution is -0.132. The molecule has 1 aliphatic carbocycles. The van der Waals surface area contributed by atoms with Crippen molar-refractivity contribution >= 4 is 5.78 Å². The zero-order chi connectivity index (χ0) is 8.97. The van der Waals surface area contributed by atoms with Gasteiger partial charge in [0.15, 0.2) is 5.78 Å². The molecule has 0 heterocycles. The van der Waals surface area contributed by atoms with Crippen LogP contribution < -0.4 is 0 Å². The van der Waals surface area contributed by atoms with E-state index < -0.39 is 6.10 Å². The number of hydrogen-bond donors (Lipinski definition) is 1. The van der Waals surface area contributed by atoms with Crippen molar-refractivity contribution in [2.75, 3.05) is 0 Å². The van der Waals surface area contributed by atoms with Crippen molar-refractivity contribution in [3.05, 3.63) is 0 Å². The molecule has 0 spiro atoms. The first-order chi connectivity index (χ1) is 5.75. The van der Waals surface area contributed by atoms with Crippen molar-refractivity contribution in [1.29, 1.82) is 0 Å². The Kier molecular flexibility index (Phi) is 3.73. The van der Waals surface area contributed by atoms with Gasteiger partial charge in [0.05, 0.1) is 0 Å². The minimum atomic E-state index is -0.701. The summed E-state index contributed by atoms with van der Waals surface area (Å²) in [6, 6.07) is 0. The average Bonchev–Trinajstić information content (AvgIpc) is 2.17. The molecule has 0 bridgehead atoms. The molecule has 1 N–H and O–H groups in total. The van der Waals surface area contributed by atoms with E-state index in [0.717, 1.165) is 25.7 Å². The van der Waals surface area contributed by atoms with Gasteiger partial charge in [-0.1, -0.05) is 26.2 Å². The minimum Gasteiger partial charge on any atom is -0.385 e. The first-order valence-electron chi connectivity index (χ1n) is 4.97. The first-order valence-corrected chi connectivity index (χ1v) is 4.97. The number of carbonyl (C=O) groups is 1. The van der Waals surface area contributed by atoms with Crippen LogP contribution in [0.3, 0.4) is 0 Å². The number of carbonyl (C=O) groups excluding carboxylic acids is 1. The standard InChI is InChI=1S/C10H18O2/c1-2-9(11)10(12)8-6-4-3-5-7-8/h8-9,11H,2-7H2,1H3. The molecule has 0 aromatic rings. The molecule has 0 radical (unpaired) electrons. The molecule has 0 aliphatic heterocycles. The quantitative estimate of drug-likeness (QED) is 0.702. The summed E-state index contributed by atoms with van der Waals surface area (Å²) in [6.45, 7) is 1.85. The fourth-order valence-electron chi connectivity index (χ4n) is 1.86. The van der Waals surface area contributed by atoms with Gasteiger partial charge in [-0.3, -0.25) is 4.79 Å². The first kappa shape index (κ1) is 9.72. The highest BCUT2D eigenvalue weighted by molar-refractivity contribution is 5.85. The van der Waals surface area contributed by atoms with Crippen molar-refractivity contribution in [3.63, 3.8) is 0 Å². The smallest absolute Gasteiger partial charge is 0.164 e. The third-order valence-corrected chi connectivity index (χ3v) is 2.72. The molecule has 1 fully saturated rings. The van der Waals surface area contributed by atoms with E-state index in [1.165, 1.54) is 6.42 Å². The van der Waals surface area contributed by atoms with E-state index in [9.17, 15) is 9.90 Å². The van der Waals surface area contributed by atoms with Crippen LogP contribution in [0, 0.1) is 5.92 Å². The second-order valence-corrected chi connectivity index (χ2v) is 3.66. The SMILES string of the molecule is CCC(O)C(=O)C1CCCCC1. The van der Waals surface area contributed by atoms with Crippen molar-refractivity contribution in [2.24, 2.45) is 5.92 Å². The Bertz CT molecular complexity index is 148. The monoisotopic (exact) mass is 170 g/mol. The fourth-order valence-corrected chi connectivity index (χ4v) is 1.86. The van der Waals surface area contributed by atoms with Crippen molar-refractivity contribution in [2.45, 2.75) is 51.6 Å². The Morgan fingerprint density at radius 2 is 2.00 bits per heavy atom. The lowest BCUT2D eigenvalue weighted by Crippen LogP contribution is -2.28. The van der Waals surface area contributed by atoms with Gasteiger partial charge in [0.25, 0.3) is 0 Å². The summed E-state index contributed by atoms with van der Waals surface area (Å²) >= 11 is 0. The molecular formula is C10H18O2. The van der Waals surface area contributed by atoms with Crippen molar-refractivity contribution in [1.82, 2.24) is 0 Å². The van der Waals surface area contributed by atoms with Gasteiger partial charge in [-0.2, -0.15) is 0 Å². The molecular weight excluding hydrogens is 152 g/mol. The Balaban J connectivity index is 2.39. The van der Waals surface area contributed by atoms with E-state index in [4.69, 9.17) is 0 Å². The summed E-state index contributed by atoms with van der Waals surface area (Å²) in [4.78, 5) is 11.5. The third-order valence-electron chi connectivity index (χ3n) is 2.72. The molecule has 2 heteroatoms. The van der Waals surface area contributed by atoms with Gasteiger partial charge in [-0.25, -0.2) is 0 Å². The van der Waals surface area contributed by atoms with E-state index in [1.54, 1.807) is 0 Å². The summed E-state index contributed by atoms with van der Waals surface area (Å²) in [7, 11) is 0. The highest BCUT2D eigenvalue weighted by Gasteiger charge is 2.25. The van der Waals surface area contributed by atoms with E-state index in [-0.39, 0.29) is 11.7 Å². The lowest BCUT2D eigenvalue weighted by Gasteiger charge is -2.22. The number of rotatable bonds is 3. The largest absolute Gasteiger partial charge is 0.385 e. The molecule has 2 nitrogen and oxygen atoms in total. The molecule has 0 aromatic carbocycles. The summed E-state index contributed by atoms with van der Waals surface area (Å²) in [5.74, 6) is 0.242. The van der Waals surface area contributed by atoms with Crippen LogP contribution in [0.5, 0.6) is 0 Å². The van der Waals surface area contributed by atoms with Gasteiger partial charge in [-0.05, 0) is 19.3 Å². The molecule has 1 atom stereocenters. The minimum absolute atomic E-state index is 0.0807. The molecule has 1 rings (SSSR count). The van der Waals surface area contributed by atoms with Gasteiger partial charge in [0.2, 0.25) is 0 Å². The van der Waals surface area contributed by atoms with Crippen LogP contribution in [-0.2, 0) is 4.79 Å². The normalized spacial score (nSPS) is 22.2. The highest BCUT2D eigenvalue weighted by atomic mass is 16.3. The topological polar surface area (TPSA) is 37.3 Å². The molecule has 1 saturated carbocycles. The molecule has 1 aliphatic rings. The Hall–Kier alpha value is -0.370. The Morgan fingerprint density at radius 3 is 2.50 bits per heavy atom. The van der Waals surface area contributed by atoms with E-state index in [1.807, 2.05) is 6.92 Å². The van der Waals surface area contributed by atoms with Gasteiger partial charge >= 0.3 is 0 Å². The predicted molar refractivity (Wildman–Crippen MR) is 47.9 cm³/mol. The van der Waals surface area contributed by atoms with Crippen LogP contribution in [0.2, 0.25) is 0 Å². The second-order valence-electron chi connectivity index (χ2n) is 3.66. The second kappa shape index (κ2) is 4.61. The number of Topliss-reactive ketones (excluding diaryl/α,β-unsaturated/α-hetero) is 1. The number of aliphatic hydroxyl groups excluding tert-OH is 1. The Morgan fingerprint density at radius 1 is 1.42 bits per heavy atom. The summed E-state index contributed by atoms with van der Waals surface area (Å²) < 4.78 is 0. The van der Waals surface area contributed by atoms with Gasteiger partial charge in [0.1, 0.15) is 6.10 Å². The molecule has 70 valence electrons. The van der Waals surface area contributed by atoms with Crippen LogP contribution in [0.1, 0.15) is 45.4 Å². The average molecular weight is 170 g/mol. The van der Waals surface area contributed by atoms with Crippen LogP contribution in [0.25, 0.3) is 0 Å². The van der Waals surface area contributed by atoms with Gasteiger partial charge < -0.3 is 5.11 Å². The molecule has 0 aromatic heterocycles. The van der Waals surface area contributed by atoms with Gasteiger partial charge in [0, 0.05) is 5.92 Å². The molecule has 0 amide bonds. The summed E-state index contributed by atoms with van der Waals surface area (Å²) in [5.41, 5.74) is 0. The third kappa shape index (κ3) is 2.31. The van der Waals surface area contributed by atoms with E-state index in [0.29, 0.717) is 6.42 Å². The van der Waals surface area contributed by atoms with E-state index in [2.05, 4.69) is 0 Å². The zero-order valence-electron chi connectivity index (χ0n) is 7.75. The maximum atomic E-state index is 11.5. The Labute approximate surface area is 74.0 Å². The number of ketones is 1. The maximum Gasteiger partial charge on any atom is 0.164 e. The highest BCUT2D eigenvalue weighted by Crippen LogP contribution is 2.25. The molecule has 12 heavy (non-hydrogen) atoms. The zero-order valence-corrected chi connectivity index (χ0v) is 7.75. The predicted octanol–water partition coefficient (Wildman–Crippen LogP) is 1.91. The van der Waals surface area contributed by atoms with E-state index >= 15 is 0 Å². The lowest BCUT2D eigenvalue weighted by atomic mass is 9.84. The number of aliphatic hydroxyl groups is 1. The summed E-state index contributed by atoms with van der Waals surface area (Å²) in [5, 5.41) is 9.33. The van der Waals surface area contributed by atoms with Crippen molar-refractivity contribution in [3.8, 4) is 0 Å². The van der Waals surface area contributed by atoms with Crippen LogP contribution >= 0.6 is 0 Å². The maximum absolute atomic E-state index is 11.5. The van der Waals surface area contributed by atoms with Crippen LogP contribution in [0.4, 0.5) is 0 Å². The van der Waals surface area contributed by atoms with Crippen LogP contribution in [-0.4, -0.2) is 17.0 Å². The van der Waals surface area contributed by atoms with Crippen molar-refractivity contribution < 1.29 is 9.90 Å².